The van der Waals surface area contributed by atoms with Crippen molar-refractivity contribution in [3.63, 3.8) is 0 Å². The maximum Gasteiger partial charge on any atom is 0.338 e. The molecule has 0 aliphatic rings. The number of hydrogen-bond donors (Lipinski definition) is 1. The molecular weight excluding hydrogens is 392 g/mol. The number of esters is 1. The summed E-state index contributed by atoms with van der Waals surface area (Å²) in [6, 6.07) is 9.76. The summed E-state index contributed by atoms with van der Waals surface area (Å²) in [7, 11) is 4.37. The lowest BCUT2D eigenvalue weighted by molar-refractivity contribution is 0.0494. The summed E-state index contributed by atoms with van der Waals surface area (Å²) in [5.41, 5.74) is -0.178. The molecule has 0 radical (unpaired) electrons. The number of nitrogens with one attached hydrogen (secondary N) is 1. The van der Waals surface area contributed by atoms with Crippen LogP contribution < -0.4 is 25.5 Å². The van der Waals surface area contributed by atoms with Crippen LogP contribution in [-0.2, 0) is 11.3 Å². The first-order chi connectivity index (χ1) is 14.5. The van der Waals surface area contributed by atoms with Crippen molar-refractivity contribution < 1.29 is 23.7 Å². The monoisotopic (exact) mass is 414 g/mol. The average Bonchev–Trinajstić information content (AvgIpc) is 2.77. The van der Waals surface area contributed by atoms with Crippen LogP contribution in [0, 0.1) is 0 Å². The lowest BCUT2D eigenvalue weighted by Crippen LogP contribution is -2.35. The summed E-state index contributed by atoms with van der Waals surface area (Å²) in [6.07, 6.45) is 0.289. The van der Waals surface area contributed by atoms with E-state index in [1.54, 1.807) is 24.3 Å². The molecular formula is C21H22N2O7. The van der Waals surface area contributed by atoms with Gasteiger partial charge in [-0.15, -0.1) is 0 Å². The van der Waals surface area contributed by atoms with Gasteiger partial charge < -0.3 is 23.9 Å². The second kappa shape index (κ2) is 9.17. The number of fused-ring (bicyclic) bond motifs is 1. The number of H-pyrrole nitrogens is 1. The Labute approximate surface area is 171 Å². The van der Waals surface area contributed by atoms with Crippen molar-refractivity contribution >= 4 is 16.9 Å². The minimum Gasteiger partial charge on any atom is -0.493 e. The van der Waals surface area contributed by atoms with Crippen molar-refractivity contribution in [3.05, 3.63) is 62.8 Å². The Hall–Kier alpha value is -3.75. The van der Waals surface area contributed by atoms with Crippen molar-refractivity contribution in [1.29, 1.82) is 0 Å². The normalized spacial score (nSPS) is 10.6. The molecule has 0 spiro atoms. The van der Waals surface area contributed by atoms with Gasteiger partial charge in [0.15, 0.2) is 11.5 Å². The highest BCUT2D eigenvalue weighted by atomic mass is 16.5. The summed E-state index contributed by atoms with van der Waals surface area (Å²) >= 11 is 0. The van der Waals surface area contributed by atoms with Gasteiger partial charge in [-0.3, -0.25) is 9.36 Å². The van der Waals surface area contributed by atoms with Gasteiger partial charge in [-0.1, -0.05) is 12.1 Å². The fourth-order valence-corrected chi connectivity index (χ4v) is 3.07. The van der Waals surface area contributed by atoms with Gasteiger partial charge in [0, 0.05) is 6.54 Å². The Kier molecular flexibility index (Phi) is 6.41. The predicted octanol–water partition coefficient (Wildman–Crippen LogP) is 1.96. The van der Waals surface area contributed by atoms with Crippen molar-refractivity contribution in [1.82, 2.24) is 9.55 Å². The molecule has 0 bridgehead atoms. The third-order valence-corrected chi connectivity index (χ3v) is 4.55. The van der Waals surface area contributed by atoms with Crippen LogP contribution in [-0.4, -0.2) is 43.5 Å². The van der Waals surface area contributed by atoms with Crippen molar-refractivity contribution in [2.24, 2.45) is 0 Å². The molecule has 0 atom stereocenters. The molecule has 1 heterocycles. The zero-order valence-corrected chi connectivity index (χ0v) is 16.9. The Morgan fingerprint density at radius 2 is 1.67 bits per heavy atom. The number of benzene rings is 2. The number of carbonyl (C=O) groups is 1. The van der Waals surface area contributed by atoms with E-state index in [-0.39, 0.29) is 30.7 Å². The number of carbonyl (C=O) groups excluding carboxylic acids is 1. The average molecular weight is 414 g/mol. The molecule has 158 valence electrons. The van der Waals surface area contributed by atoms with E-state index in [1.165, 1.54) is 33.5 Å². The van der Waals surface area contributed by atoms with E-state index in [1.807, 2.05) is 0 Å². The van der Waals surface area contributed by atoms with Crippen molar-refractivity contribution in [2.45, 2.75) is 13.0 Å². The molecule has 9 heteroatoms. The molecule has 0 fully saturated rings. The van der Waals surface area contributed by atoms with Gasteiger partial charge in [0.2, 0.25) is 5.75 Å². The van der Waals surface area contributed by atoms with Gasteiger partial charge in [-0.25, -0.2) is 9.59 Å². The van der Waals surface area contributed by atoms with Crippen LogP contribution in [0.4, 0.5) is 0 Å². The first kappa shape index (κ1) is 21.0. The molecule has 3 rings (SSSR count). The van der Waals surface area contributed by atoms with Gasteiger partial charge in [0.25, 0.3) is 5.56 Å². The minimum atomic E-state index is -0.589. The molecule has 30 heavy (non-hydrogen) atoms. The Bertz CT molecular complexity index is 1150. The second-order valence-electron chi connectivity index (χ2n) is 6.34. The fourth-order valence-electron chi connectivity index (χ4n) is 3.07. The molecule has 9 nitrogen and oxygen atoms in total. The molecule has 0 aliphatic carbocycles. The van der Waals surface area contributed by atoms with Crippen molar-refractivity contribution in [2.75, 3.05) is 27.9 Å². The Morgan fingerprint density at radius 1 is 1.00 bits per heavy atom. The minimum absolute atomic E-state index is 0.0220. The summed E-state index contributed by atoms with van der Waals surface area (Å²) in [5.74, 6) is 0.441. The smallest absolute Gasteiger partial charge is 0.338 e. The fraction of sp³-hybridized carbons (Fsp3) is 0.286. The van der Waals surface area contributed by atoms with Gasteiger partial charge in [-0.2, -0.15) is 0 Å². The van der Waals surface area contributed by atoms with Gasteiger partial charge in [-0.05, 0) is 30.7 Å². The second-order valence-corrected chi connectivity index (χ2v) is 6.34. The van der Waals surface area contributed by atoms with Crippen LogP contribution in [0.5, 0.6) is 17.2 Å². The zero-order chi connectivity index (χ0) is 21.7. The quantitative estimate of drug-likeness (QED) is 0.443. The first-order valence-corrected chi connectivity index (χ1v) is 9.19. The first-order valence-electron chi connectivity index (χ1n) is 9.19. The van der Waals surface area contributed by atoms with E-state index < -0.39 is 11.7 Å². The number of hydrogen-bond acceptors (Lipinski definition) is 7. The van der Waals surface area contributed by atoms with E-state index in [2.05, 4.69) is 4.98 Å². The molecule has 2 aromatic carbocycles. The van der Waals surface area contributed by atoms with Gasteiger partial charge in [0.1, 0.15) is 0 Å². The van der Waals surface area contributed by atoms with Crippen LogP contribution in [0.15, 0.2) is 46.0 Å². The zero-order valence-electron chi connectivity index (χ0n) is 16.9. The molecule has 0 aliphatic heterocycles. The number of methoxy groups -OCH3 is 3. The maximum atomic E-state index is 12.5. The Morgan fingerprint density at radius 3 is 2.30 bits per heavy atom. The molecule has 1 aromatic heterocycles. The van der Waals surface area contributed by atoms with E-state index in [4.69, 9.17) is 18.9 Å². The molecule has 3 aromatic rings. The molecule has 0 unspecified atom stereocenters. The SMILES string of the molecule is COc1cc(C(=O)OCCCn2c(=O)[nH]c3ccccc3c2=O)cc(OC)c1OC. The number of ether oxygens (including phenoxy) is 4. The number of aromatic nitrogens is 2. The highest BCUT2D eigenvalue weighted by molar-refractivity contribution is 5.91. The predicted molar refractivity (Wildman–Crippen MR) is 110 cm³/mol. The summed E-state index contributed by atoms with van der Waals surface area (Å²) in [4.78, 5) is 39.7. The molecule has 1 N–H and O–H groups in total. The highest BCUT2D eigenvalue weighted by Gasteiger charge is 2.18. The lowest BCUT2D eigenvalue weighted by atomic mass is 10.2. The summed E-state index contributed by atoms with van der Waals surface area (Å²) in [6.45, 7) is 0.135. The van der Waals surface area contributed by atoms with E-state index in [9.17, 15) is 14.4 Å². The summed E-state index contributed by atoms with van der Waals surface area (Å²) < 4.78 is 22.0. The summed E-state index contributed by atoms with van der Waals surface area (Å²) in [5, 5.41) is 0.423. The van der Waals surface area contributed by atoms with Crippen LogP contribution in [0.25, 0.3) is 10.9 Å². The third-order valence-electron chi connectivity index (χ3n) is 4.55. The van der Waals surface area contributed by atoms with E-state index in [0.29, 0.717) is 28.2 Å². The number of rotatable bonds is 8. The number of para-hydroxylation sites is 1. The number of nitrogens with zero attached hydrogens (tertiary/aromatic N) is 1. The van der Waals surface area contributed by atoms with Crippen LogP contribution >= 0.6 is 0 Å². The largest absolute Gasteiger partial charge is 0.493 e. The van der Waals surface area contributed by atoms with E-state index >= 15 is 0 Å². The highest BCUT2D eigenvalue weighted by Crippen LogP contribution is 2.38. The molecule has 0 saturated heterocycles. The van der Waals surface area contributed by atoms with E-state index in [0.717, 1.165) is 4.57 Å². The topological polar surface area (TPSA) is 109 Å². The van der Waals surface area contributed by atoms with Crippen LogP contribution in [0.3, 0.4) is 0 Å². The lowest BCUT2D eigenvalue weighted by Gasteiger charge is -2.14. The standard InChI is InChI=1S/C21H22N2O7/c1-27-16-11-13(12-17(28-2)18(16)29-3)20(25)30-10-6-9-23-19(24)14-7-4-5-8-15(14)22-21(23)26/h4-5,7-8,11-12H,6,9-10H2,1-3H3,(H,22,26). The van der Waals surface area contributed by atoms with Gasteiger partial charge in [0.05, 0.1) is 44.4 Å². The maximum absolute atomic E-state index is 12.5. The third kappa shape index (κ3) is 4.14. The van der Waals surface area contributed by atoms with Crippen LogP contribution in [0.2, 0.25) is 0 Å². The Balaban J connectivity index is 1.68. The van der Waals surface area contributed by atoms with Crippen LogP contribution in [0.1, 0.15) is 16.8 Å². The van der Waals surface area contributed by atoms with Crippen molar-refractivity contribution in [3.8, 4) is 17.2 Å². The number of aromatic amines is 1. The molecule has 0 saturated carbocycles. The molecule has 0 amide bonds. The van der Waals surface area contributed by atoms with Gasteiger partial charge >= 0.3 is 11.7 Å².